The molecule has 23 nitrogen and oxygen atoms in total. The summed E-state index contributed by atoms with van der Waals surface area (Å²) in [5, 5.41) is 5.91. The van der Waals surface area contributed by atoms with Gasteiger partial charge in [0, 0.05) is 64.3 Å². The van der Waals surface area contributed by atoms with Crippen LogP contribution >= 0.6 is 0 Å². The number of rotatable bonds is 21. The monoisotopic (exact) mass is 1460 g/mol. The number of para-hydroxylation sites is 6. The number of nitrogens with one attached hydrogen (secondary N) is 2. The summed E-state index contributed by atoms with van der Waals surface area (Å²) in [7, 11) is 1.48. The molecule has 3 N–H and O–H groups in total. The van der Waals surface area contributed by atoms with E-state index in [0.29, 0.717) is 85.2 Å². The fourth-order valence-corrected chi connectivity index (χ4v) is 11.7. The van der Waals surface area contributed by atoms with Crippen LogP contribution in [0.1, 0.15) is 176 Å². The molecule has 7 amide bonds. The van der Waals surface area contributed by atoms with E-state index in [9.17, 15) is 47.1 Å². The molecular formula is C79H106F2N10NaO13-. The van der Waals surface area contributed by atoms with Crippen LogP contribution in [0, 0.1) is 28.4 Å². The van der Waals surface area contributed by atoms with Gasteiger partial charge in [0.25, 0.3) is 11.8 Å². The third-order valence-corrected chi connectivity index (χ3v) is 17.8. The van der Waals surface area contributed by atoms with E-state index in [0.717, 1.165) is 30.4 Å². The molecule has 0 bridgehead atoms. The first kappa shape index (κ1) is 90.3. The van der Waals surface area contributed by atoms with E-state index in [-0.39, 0.29) is 141 Å². The maximum Gasteiger partial charge on any atom is 1.00 e. The molecule has 0 radical (unpaired) electrons. The van der Waals surface area contributed by atoms with Gasteiger partial charge in [0.05, 0.1) is 5.89 Å². The summed E-state index contributed by atoms with van der Waals surface area (Å²) in [4.78, 5) is 125. The smallest absolute Gasteiger partial charge is 0.870 e. The van der Waals surface area contributed by atoms with Crippen molar-refractivity contribution in [3.8, 4) is 0 Å². The van der Waals surface area contributed by atoms with Crippen LogP contribution < -0.4 is 40.2 Å². The van der Waals surface area contributed by atoms with Gasteiger partial charge < -0.3 is 58.5 Å². The summed E-state index contributed by atoms with van der Waals surface area (Å²) in [5.41, 5.74) is 3.33. The number of hydrogen-bond donors (Lipinski definition) is 2. The van der Waals surface area contributed by atoms with Crippen LogP contribution in [0.2, 0.25) is 0 Å². The van der Waals surface area contributed by atoms with Gasteiger partial charge >= 0.3 is 47.5 Å². The first-order valence-electron chi connectivity index (χ1n) is 34.0. The van der Waals surface area contributed by atoms with E-state index in [1.54, 1.807) is 115 Å². The molecule has 0 aliphatic carbocycles. The molecule has 5 heterocycles. The standard InChI is InChI=1S/C36H48FN5O6.C32H41FN4O4.C8H4NO2.3CH4.Na.H2O/c1-23(40(8)34(46)48-36(5,6)7)30(43)39-29(35(2,3)4)32(44)42-20-11-12-26(42)22-41(21-19-24-15-17-25(37)18-16-24)33(45)31-38-27-13-9-10-14-28(27)47-31;1-6-21(2)28(38)35-27(32(3,4)5)30(39)37-18-9-10-24(37)20-36(19-17-22-13-15-23(33)16-14-22)31(40)29-34-25-11-7-8-12-26(25)41-29;10-5-8-9-6-3-1-2-4-7(6)11-8;;;;;/h9-10,13-18,23,26,29H,11-12,19-22H2,1-8H3,(H,39,43);7-8,11-16,21,24,27H,6,9-10,17-20H2,1-5H3,(H,35,38);1-4H;3*1H4;;1H2/q;;-1;;;;+1;/p-1/t23-,26-,29+;21-,24+,27-;;;;;;/m01....../s1. The van der Waals surface area contributed by atoms with Crippen LogP contribution in [-0.2, 0) is 41.6 Å². The van der Waals surface area contributed by atoms with E-state index in [2.05, 4.69) is 25.6 Å². The van der Waals surface area contributed by atoms with Crippen molar-refractivity contribution in [3.63, 3.8) is 0 Å². The molecule has 2 aliphatic heterocycles. The molecule has 5 aromatic carbocycles. The molecule has 8 aromatic rings. The number of likely N-dealkylation sites (tertiary alicyclic amines) is 2. The quantitative estimate of drug-likeness (QED) is 0.0499. The molecule has 2 fully saturated rings. The minimum absolute atomic E-state index is 0. The number of amides is 7. The van der Waals surface area contributed by atoms with Gasteiger partial charge in [-0.2, -0.15) is 6.29 Å². The zero-order valence-corrected chi connectivity index (χ0v) is 62.9. The maximum absolute atomic E-state index is 14.2. The summed E-state index contributed by atoms with van der Waals surface area (Å²) in [6.45, 7) is 24.2. The maximum atomic E-state index is 14.2. The van der Waals surface area contributed by atoms with Crippen molar-refractivity contribution in [1.82, 2.24) is 50.1 Å². The van der Waals surface area contributed by atoms with Gasteiger partial charge in [-0.1, -0.05) is 138 Å². The summed E-state index contributed by atoms with van der Waals surface area (Å²) in [5.74, 6) is -2.70. The van der Waals surface area contributed by atoms with Gasteiger partial charge in [-0.25, -0.2) is 28.5 Å². The van der Waals surface area contributed by atoms with Gasteiger partial charge in [-0.15, -0.1) is 0 Å². The number of halogens is 2. The van der Waals surface area contributed by atoms with Crippen LogP contribution in [0.15, 0.2) is 135 Å². The molecule has 105 heavy (non-hydrogen) atoms. The topological polar surface area (TPSA) is 294 Å². The Morgan fingerprint density at radius 3 is 1.30 bits per heavy atom. The molecule has 2 saturated heterocycles. The number of nitrogens with zero attached hydrogens (tertiary/aromatic N) is 8. The fourth-order valence-electron chi connectivity index (χ4n) is 11.7. The van der Waals surface area contributed by atoms with E-state index < -0.39 is 52.5 Å². The van der Waals surface area contributed by atoms with Crippen molar-refractivity contribution in [2.24, 2.45) is 16.7 Å². The number of carbonyl (C=O) groups is 7. The van der Waals surface area contributed by atoms with Crippen molar-refractivity contribution < 1.29 is 100 Å². The van der Waals surface area contributed by atoms with Crippen molar-refractivity contribution in [1.29, 1.82) is 0 Å². The van der Waals surface area contributed by atoms with E-state index in [1.807, 2.05) is 90.6 Å². The Labute approximate surface area is 638 Å². The number of carbonyl (C=O) groups excluding carboxylic acids is 8. The molecule has 0 saturated carbocycles. The second kappa shape index (κ2) is 40.0. The number of ether oxygens (including phenoxy) is 1. The van der Waals surface area contributed by atoms with Gasteiger partial charge in [-0.05, 0) is 155 Å². The average Bonchev–Trinajstić information content (AvgIpc) is 1.71. The predicted molar refractivity (Wildman–Crippen MR) is 396 cm³/mol. The minimum Gasteiger partial charge on any atom is -0.870 e. The predicted octanol–water partition coefficient (Wildman–Crippen LogP) is 10.7. The molecule has 6 atom stereocenters. The van der Waals surface area contributed by atoms with Gasteiger partial charge in [0.2, 0.25) is 23.6 Å². The molecule has 2 aliphatic rings. The second-order valence-electron chi connectivity index (χ2n) is 28.7. The Balaban J connectivity index is 0.000000457. The van der Waals surface area contributed by atoms with Gasteiger partial charge in [0.15, 0.2) is 16.7 Å². The summed E-state index contributed by atoms with van der Waals surface area (Å²) in [6, 6.07) is 30.8. The Morgan fingerprint density at radius 2 is 0.952 bits per heavy atom. The third kappa shape index (κ3) is 24.6. The molecule has 3 aromatic heterocycles. The Hall–Kier alpha value is -8.91. The van der Waals surface area contributed by atoms with Crippen LogP contribution in [0.4, 0.5) is 13.6 Å². The first-order valence-corrected chi connectivity index (χ1v) is 34.0. The van der Waals surface area contributed by atoms with Crippen LogP contribution in [-0.4, -0.2) is 175 Å². The Kier molecular flexibility index (Phi) is 34.4. The Morgan fingerprint density at radius 1 is 0.581 bits per heavy atom. The number of hydrogen-bond acceptors (Lipinski definition) is 16. The summed E-state index contributed by atoms with van der Waals surface area (Å²) >= 11 is 0. The SMILES string of the molecule is C.C.C.CC[C@@H](C)C(=O)N[C@H](C(=O)N1CCC[C@H]1CN(CCc1ccc(F)cc1)C(=O)c1nc2ccccc2o1)C(C)(C)C.C[C@@H](C(=O)N[C@H](C(=O)N1CCC[C@H]1CN(CCc1ccc(F)cc1)C(=O)c1nc2ccccc2o1)C(C)(C)C)N(C)C(=O)OC(C)(C)C.O=[C-]c1nc2ccccc2o1.[Na+].[OH-]. The molecular weight excluding hydrogens is 1360 g/mol. The molecule has 26 heteroatoms. The molecule has 0 spiro atoms. The number of aromatic nitrogens is 3. The zero-order valence-electron chi connectivity index (χ0n) is 60.9. The third-order valence-electron chi connectivity index (χ3n) is 17.8. The van der Waals surface area contributed by atoms with Crippen LogP contribution in [0.25, 0.3) is 33.3 Å². The fraction of sp³-hybridized carbons (Fsp3) is 0.481. The normalized spacial score (nSPS) is 15.2. The first-order chi connectivity index (χ1) is 47.3. The van der Waals surface area contributed by atoms with Gasteiger partial charge in [-0.3, -0.25) is 33.7 Å². The van der Waals surface area contributed by atoms with E-state index >= 15 is 0 Å². The van der Waals surface area contributed by atoms with Crippen LogP contribution in [0.3, 0.4) is 0 Å². The minimum atomic E-state index is -0.902. The van der Waals surface area contributed by atoms with E-state index in [4.69, 9.17) is 18.0 Å². The van der Waals surface area contributed by atoms with E-state index in [1.165, 1.54) is 36.2 Å². The average molecular weight is 1460 g/mol. The van der Waals surface area contributed by atoms with Crippen molar-refractivity contribution in [3.05, 3.63) is 162 Å². The number of benzene rings is 5. The molecule has 0 unspecified atom stereocenters. The molecule has 566 valence electrons. The Bertz CT molecular complexity index is 4050. The number of oxazole rings is 3. The number of likely N-dealkylation sites (N-methyl/N-ethyl adjacent to an activating group) is 1. The van der Waals surface area contributed by atoms with Crippen molar-refractivity contribution in [2.75, 3.05) is 46.3 Å². The molecule has 10 rings (SSSR count). The van der Waals surface area contributed by atoms with Crippen LogP contribution in [0.5, 0.6) is 0 Å². The van der Waals surface area contributed by atoms with Gasteiger partial charge in [0.1, 0.15) is 51.9 Å². The van der Waals surface area contributed by atoms with Crippen molar-refractivity contribution in [2.45, 2.75) is 186 Å². The van der Waals surface area contributed by atoms with Crippen molar-refractivity contribution >= 4 is 81.1 Å². The largest absolute Gasteiger partial charge is 1.00 e. The second-order valence-corrected chi connectivity index (χ2v) is 28.7. The zero-order chi connectivity index (χ0) is 72.8. The summed E-state index contributed by atoms with van der Waals surface area (Å²) < 4.78 is 49.0. The summed E-state index contributed by atoms with van der Waals surface area (Å²) in [6.07, 6.45) is 5.50. The number of fused-ring (bicyclic) bond motifs is 3.